The van der Waals surface area contributed by atoms with Crippen molar-refractivity contribution in [2.45, 2.75) is 93.1 Å². The molecular weight excluding hydrogens is 424 g/mol. The zero-order valence-corrected chi connectivity index (χ0v) is 22.2. The first-order chi connectivity index (χ1) is 15.9. The average Bonchev–Trinajstić information content (AvgIpc) is 3.29. The maximum atomic E-state index is 12.7. The Bertz CT molecular complexity index is 886. The SMILES string of the molecule is CCCCCC=CC1[C@H]2C(Cc3cccc(OC(=O)C(C)(C)C)c3)C(OC(=O)C(C)(C)C)C[C@@H]12. The molecule has 0 aromatic heterocycles. The average molecular weight is 469 g/mol. The highest BCUT2D eigenvalue weighted by Gasteiger charge is 2.61. The lowest BCUT2D eigenvalue weighted by molar-refractivity contribution is -0.161. The number of carbonyl (C=O) groups is 2. The highest BCUT2D eigenvalue weighted by Crippen LogP contribution is 2.62. The van der Waals surface area contributed by atoms with Crippen molar-refractivity contribution in [3.05, 3.63) is 42.0 Å². The Morgan fingerprint density at radius 3 is 2.38 bits per heavy atom. The smallest absolute Gasteiger partial charge is 0.316 e. The topological polar surface area (TPSA) is 52.6 Å². The zero-order valence-electron chi connectivity index (χ0n) is 22.2. The van der Waals surface area contributed by atoms with Crippen molar-refractivity contribution in [3.63, 3.8) is 0 Å². The van der Waals surface area contributed by atoms with Crippen LogP contribution in [0.3, 0.4) is 0 Å². The van der Waals surface area contributed by atoms with Gasteiger partial charge in [0.1, 0.15) is 11.9 Å². The highest BCUT2D eigenvalue weighted by atomic mass is 16.5. The van der Waals surface area contributed by atoms with Crippen LogP contribution in [0.15, 0.2) is 36.4 Å². The Kier molecular flexibility index (Phi) is 8.31. The Morgan fingerprint density at radius 2 is 1.74 bits per heavy atom. The predicted octanol–water partition coefficient (Wildman–Crippen LogP) is 7.16. The fraction of sp³-hybridized carbons (Fsp3) is 0.667. The molecule has 0 aliphatic heterocycles. The van der Waals surface area contributed by atoms with Gasteiger partial charge in [-0.1, -0.05) is 44.1 Å². The quantitative estimate of drug-likeness (QED) is 0.167. The van der Waals surface area contributed by atoms with Crippen molar-refractivity contribution in [1.29, 1.82) is 0 Å². The number of fused-ring (bicyclic) bond motifs is 1. The van der Waals surface area contributed by atoms with Gasteiger partial charge in [0.2, 0.25) is 0 Å². The standard InChI is InChI=1S/C30H44O4/c1-8-9-10-11-12-16-22-23-19-25(34-28(32)30(5,6)7)24(26(22)23)18-20-14-13-15-21(17-20)33-27(31)29(2,3)4/h12-17,22-26H,8-11,18-19H2,1-7H3/t22?,23-,24?,25?,26+/m0/s1. The van der Waals surface area contributed by atoms with Crippen LogP contribution in [0.2, 0.25) is 0 Å². The lowest BCUT2D eigenvalue weighted by Crippen LogP contribution is -2.33. The third kappa shape index (κ3) is 6.73. The summed E-state index contributed by atoms with van der Waals surface area (Å²) in [6, 6.07) is 7.84. The zero-order chi connectivity index (χ0) is 25.1. The molecule has 3 rings (SSSR count). The molecule has 1 aromatic carbocycles. The lowest BCUT2D eigenvalue weighted by atomic mass is 9.89. The van der Waals surface area contributed by atoms with Crippen molar-refractivity contribution in [2.24, 2.45) is 34.5 Å². The second-order valence-corrected chi connectivity index (χ2v) is 12.3. The van der Waals surface area contributed by atoms with Crippen molar-refractivity contribution >= 4 is 11.9 Å². The molecule has 5 atom stereocenters. The number of hydrogen-bond donors (Lipinski definition) is 0. The molecule has 0 heterocycles. The number of benzene rings is 1. The number of rotatable bonds is 9. The van der Waals surface area contributed by atoms with Gasteiger partial charge in [0.25, 0.3) is 0 Å². The largest absolute Gasteiger partial charge is 0.462 e. The van der Waals surface area contributed by atoms with Crippen LogP contribution >= 0.6 is 0 Å². The fourth-order valence-electron chi connectivity index (χ4n) is 5.06. The Hall–Kier alpha value is -2.10. The summed E-state index contributed by atoms with van der Waals surface area (Å²) in [7, 11) is 0. The van der Waals surface area contributed by atoms with Crippen LogP contribution < -0.4 is 4.74 Å². The number of allylic oxidation sites excluding steroid dienone is 2. The normalized spacial score (nSPS) is 26.4. The Morgan fingerprint density at radius 1 is 1.03 bits per heavy atom. The van der Waals surface area contributed by atoms with Gasteiger partial charge in [-0.2, -0.15) is 0 Å². The minimum absolute atomic E-state index is 0.0488. The van der Waals surface area contributed by atoms with Crippen molar-refractivity contribution in [2.75, 3.05) is 0 Å². The third-order valence-electron chi connectivity index (χ3n) is 7.16. The van der Waals surface area contributed by atoms with E-state index in [1.807, 2.05) is 59.7 Å². The highest BCUT2D eigenvalue weighted by molar-refractivity contribution is 5.78. The molecule has 0 N–H and O–H groups in total. The van der Waals surface area contributed by atoms with E-state index in [4.69, 9.17) is 9.47 Å². The minimum Gasteiger partial charge on any atom is -0.462 e. The molecule has 0 amide bonds. The molecule has 2 aliphatic rings. The molecule has 2 fully saturated rings. The lowest BCUT2D eigenvalue weighted by Gasteiger charge is -2.27. The van der Waals surface area contributed by atoms with Gasteiger partial charge >= 0.3 is 11.9 Å². The van der Waals surface area contributed by atoms with Gasteiger partial charge in [-0.3, -0.25) is 9.59 Å². The van der Waals surface area contributed by atoms with E-state index in [1.165, 1.54) is 19.3 Å². The first-order valence-corrected chi connectivity index (χ1v) is 13.1. The number of hydrogen-bond acceptors (Lipinski definition) is 4. The predicted molar refractivity (Wildman–Crippen MR) is 136 cm³/mol. The maximum Gasteiger partial charge on any atom is 0.316 e. The minimum atomic E-state index is -0.550. The molecular formula is C30H44O4. The van der Waals surface area contributed by atoms with Crippen LogP contribution in [-0.4, -0.2) is 18.0 Å². The van der Waals surface area contributed by atoms with Gasteiger partial charge < -0.3 is 9.47 Å². The van der Waals surface area contributed by atoms with Gasteiger partial charge in [0.15, 0.2) is 0 Å². The van der Waals surface area contributed by atoms with Gasteiger partial charge in [-0.05, 0) is 103 Å². The van der Waals surface area contributed by atoms with E-state index in [9.17, 15) is 9.59 Å². The molecule has 0 saturated heterocycles. The summed E-state index contributed by atoms with van der Waals surface area (Å²) in [5.74, 6) is 2.26. The summed E-state index contributed by atoms with van der Waals surface area (Å²) in [6.07, 6.45) is 11.4. The van der Waals surface area contributed by atoms with Crippen LogP contribution in [0.4, 0.5) is 0 Å². The van der Waals surface area contributed by atoms with Crippen LogP contribution in [0.1, 0.15) is 86.1 Å². The first-order valence-electron chi connectivity index (χ1n) is 13.1. The van der Waals surface area contributed by atoms with Gasteiger partial charge in [-0.15, -0.1) is 0 Å². The molecule has 3 unspecified atom stereocenters. The summed E-state index contributed by atoms with van der Waals surface area (Å²) in [6.45, 7) is 13.5. The summed E-state index contributed by atoms with van der Waals surface area (Å²) in [5, 5.41) is 0. The van der Waals surface area contributed by atoms with E-state index in [-0.39, 0.29) is 24.0 Å². The van der Waals surface area contributed by atoms with Crippen molar-refractivity contribution in [1.82, 2.24) is 0 Å². The van der Waals surface area contributed by atoms with E-state index >= 15 is 0 Å². The number of esters is 2. The van der Waals surface area contributed by atoms with Gasteiger partial charge in [-0.25, -0.2) is 0 Å². The summed E-state index contributed by atoms with van der Waals surface area (Å²) in [5.41, 5.74) is 0.0713. The monoisotopic (exact) mass is 468 g/mol. The van der Waals surface area contributed by atoms with Crippen LogP contribution in [-0.2, 0) is 20.7 Å². The second kappa shape index (κ2) is 10.7. The maximum absolute atomic E-state index is 12.7. The van der Waals surface area contributed by atoms with Crippen LogP contribution in [0.5, 0.6) is 5.75 Å². The number of carbonyl (C=O) groups excluding carboxylic acids is 2. The fourth-order valence-corrected chi connectivity index (χ4v) is 5.06. The van der Waals surface area contributed by atoms with Crippen molar-refractivity contribution in [3.8, 4) is 5.75 Å². The van der Waals surface area contributed by atoms with E-state index in [0.717, 1.165) is 24.8 Å². The third-order valence-corrected chi connectivity index (χ3v) is 7.16. The second-order valence-electron chi connectivity index (χ2n) is 12.3. The molecule has 34 heavy (non-hydrogen) atoms. The van der Waals surface area contributed by atoms with Crippen LogP contribution in [0, 0.1) is 34.5 Å². The molecule has 4 nitrogen and oxygen atoms in total. The molecule has 0 bridgehead atoms. The number of unbranched alkanes of at least 4 members (excludes halogenated alkanes) is 3. The van der Waals surface area contributed by atoms with E-state index < -0.39 is 10.8 Å². The van der Waals surface area contributed by atoms with E-state index in [1.54, 1.807) is 0 Å². The molecule has 2 saturated carbocycles. The van der Waals surface area contributed by atoms with E-state index in [2.05, 4.69) is 25.1 Å². The summed E-state index contributed by atoms with van der Waals surface area (Å²) in [4.78, 5) is 25.0. The molecule has 1 aromatic rings. The molecule has 188 valence electrons. The molecule has 4 heteroatoms. The Labute approximate surface area is 206 Å². The van der Waals surface area contributed by atoms with Crippen molar-refractivity contribution < 1.29 is 19.1 Å². The molecule has 0 radical (unpaired) electrons. The summed E-state index contributed by atoms with van der Waals surface area (Å²) >= 11 is 0. The van der Waals surface area contributed by atoms with E-state index in [0.29, 0.717) is 23.5 Å². The Balaban J connectivity index is 1.71. The van der Waals surface area contributed by atoms with Crippen LogP contribution in [0.25, 0.3) is 0 Å². The first kappa shape index (κ1) is 26.5. The van der Waals surface area contributed by atoms with Gasteiger partial charge in [0.05, 0.1) is 10.8 Å². The number of ether oxygens (including phenoxy) is 2. The molecule has 0 spiro atoms. The van der Waals surface area contributed by atoms with Gasteiger partial charge in [0, 0.05) is 5.92 Å². The summed E-state index contributed by atoms with van der Waals surface area (Å²) < 4.78 is 11.7. The molecule has 2 aliphatic carbocycles.